The van der Waals surface area contributed by atoms with E-state index in [1.54, 1.807) is 0 Å². The van der Waals surface area contributed by atoms with Gasteiger partial charge in [-0.3, -0.25) is 0 Å². The predicted molar refractivity (Wildman–Crippen MR) is 31.9 cm³/mol. The Morgan fingerprint density at radius 1 is 1.43 bits per heavy atom. The number of hydrogen-bond donors (Lipinski definition) is 2. The Bertz CT molecular complexity index is 25.3. The first-order chi connectivity index (χ1) is 3.41. The van der Waals surface area contributed by atoms with Crippen molar-refractivity contribution in [1.82, 2.24) is 10.6 Å². The average Bonchev–Trinajstić information content (AvgIpc) is 1.69. The van der Waals surface area contributed by atoms with Crippen LogP contribution in [-0.2, 0) is 0 Å². The second-order valence-corrected chi connectivity index (χ2v) is 1.46. The Labute approximate surface area is 45.3 Å². The summed E-state index contributed by atoms with van der Waals surface area (Å²) in [6.07, 6.45) is 1.15. The third-order valence-corrected chi connectivity index (χ3v) is 0.780. The van der Waals surface area contributed by atoms with Crippen LogP contribution in [-0.4, -0.2) is 20.1 Å². The van der Waals surface area contributed by atoms with Crippen molar-refractivity contribution >= 4 is 0 Å². The standard InChI is InChI=1S/C5H13N2/c1-6-4-3-5-7-2/h6-7H,1,3-5H2,2H3. The molecule has 0 bridgehead atoms. The molecule has 1 radical (unpaired) electrons. The van der Waals surface area contributed by atoms with Gasteiger partial charge in [0.25, 0.3) is 0 Å². The monoisotopic (exact) mass is 101 g/mol. The largest absolute Gasteiger partial charge is 0.320 e. The summed E-state index contributed by atoms with van der Waals surface area (Å²) in [7, 11) is 5.43. The van der Waals surface area contributed by atoms with Crippen molar-refractivity contribution in [3.63, 3.8) is 0 Å². The zero-order valence-corrected chi connectivity index (χ0v) is 4.83. The van der Waals surface area contributed by atoms with Crippen molar-refractivity contribution in [1.29, 1.82) is 0 Å². The van der Waals surface area contributed by atoms with Gasteiger partial charge in [0.1, 0.15) is 0 Å². The molecule has 0 aliphatic heterocycles. The first kappa shape index (κ1) is 6.92. The molecule has 0 aromatic heterocycles. The summed E-state index contributed by atoms with van der Waals surface area (Å²) in [5.41, 5.74) is 0. The van der Waals surface area contributed by atoms with Crippen molar-refractivity contribution in [2.75, 3.05) is 20.1 Å². The highest BCUT2D eigenvalue weighted by Gasteiger charge is 1.77. The van der Waals surface area contributed by atoms with E-state index in [0.29, 0.717) is 0 Å². The SMILES string of the molecule is [CH2]NCCCNC. The van der Waals surface area contributed by atoms with Crippen LogP contribution in [0.3, 0.4) is 0 Å². The fourth-order valence-electron chi connectivity index (χ4n) is 0.390. The average molecular weight is 101 g/mol. The summed E-state index contributed by atoms with van der Waals surface area (Å²) >= 11 is 0. The molecule has 2 nitrogen and oxygen atoms in total. The fourth-order valence-corrected chi connectivity index (χ4v) is 0.390. The second-order valence-electron chi connectivity index (χ2n) is 1.46. The molecule has 0 amide bonds. The van der Waals surface area contributed by atoms with Crippen molar-refractivity contribution in [2.45, 2.75) is 6.42 Å². The number of nitrogens with one attached hydrogen (secondary N) is 2. The van der Waals surface area contributed by atoms with Gasteiger partial charge in [-0.2, -0.15) is 0 Å². The van der Waals surface area contributed by atoms with Crippen LogP contribution in [0.15, 0.2) is 0 Å². The third-order valence-electron chi connectivity index (χ3n) is 0.780. The molecule has 0 aliphatic carbocycles. The van der Waals surface area contributed by atoms with E-state index in [1.165, 1.54) is 0 Å². The van der Waals surface area contributed by atoms with Crippen LogP contribution in [0.2, 0.25) is 0 Å². The molecule has 0 atom stereocenters. The lowest BCUT2D eigenvalue weighted by Gasteiger charge is -1.94. The summed E-state index contributed by atoms with van der Waals surface area (Å²) in [5.74, 6) is 0. The number of hydrogen-bond acceptors (Lipinski definition) is 2. The molecule has 0 saturated carbocycles. The van der Waals surface area contributed by atoms with E-state index < -0.39 is 0 Å². The zero-order valence-electron chi connectivity index (χ0n) is 4.83. The van der Waals surface area contributed by atoms with Crippen molar-refractivity contribution in [2.24, 2.45) is 0 Å². The molecular formula is C5H13N2. The Morgan fingerprint density at radius 3 is 2.57 bits per heavy atom. The van der Waals surface area contributed by atoms with Gasteiger partial charge < -0.3 is 10.6 Å². The van der Waals surface area contributed by atoms with E-state index in [4.69, 9.17) is 0 Å². The van der Waals surface area contributed by atoms with Crippen LogP contribution in [0, 0.1) is 7.05 Å². The van der Waals surface area contributed by atoms with Crippen LogP contribution in [0.4, 0.5) is 0 Å². The predicted octanol–water partition coefficient (Wildman–Crippen LogP) is -0.0229. The van der Waals surface area contributed by atoms with E-state index in [-0.39, 0.29) is 0 Å². The lowest BCUT2D eigenvalue weighted by atomic mass is 10.4. The number of rotatable bonds is 4. The van der Waals surface area contributed by atoms with Crippen molar-refractivity contribution < 1.29 is 0 Å². The first-order valence-electron chi connectivity index (χ1n) is 2.56. The Hall–Kier alpha value is -0.0800. The molecular weight excluding hydrogens is 88.1 g/mol. The lowest BCUT2D eigenvalue weighted by molar-refractivity contribution is 0.691. The molecule has 0 fully saturated rings. The molecule has 2 heteroatoms. The first-order valence-corrected chi connectivity index (χ1v) is 2.56. The molecule has 2 N–H and O–H groups in total. The van der Waals surface area contributed by atoms with Crippen LogP contribution < -0.4 is 10.6 Å². The summed E-state index contributed by atoms with van der Waals surface area (Å²) in [5, 5.41) is 5.85. The Balaban J connectivity index is 2.45. The highest BCUT2D eigenvalue weighted by Crippen LogP contribution is 1.67. The van der Waals surface area contributed by atoms with E-state index in [0.717, 1.165) is 19.5 Å². The molecule has 0 rings (SSSR count). The molecule has 0 saturated heterocycles. The summed E-state index contributed by atoms with van der Waals surface area (Å²) in [6, 6.07) is 0. The minimum absolute atomic E-state index is 1.00. The maximum absolute atomic E-state index is 3.48. The molecule has 43 valence electrons. The lowest BCUT2D eigenvalue weighted by Crippen LogP contribution is -2.14. The van der Waals surface area contributed by atoms with E-state index in [1.807, 2.05) is 7.05 Å². The minimum Gasteiger partial charge on any atom is -0.320 e. The molecule has 7 heavy (non-hydrogen) atoms. The van der Waals surface area contributed by atoms with Crippen molar-refractivity contribution in [3.05, 3.63) is 7.05 Å². The van der Waals surface area contributed by atoms with Crippen LogP contribution in [0.5, 0.6) is 0 Å². The Kier molecular flexibility index (Phi) is 5.85. The minimum atomic E-state index is 1.00. The highest BCUT2D eigenvalue weighted by atomic mass is 14.8. The molecule has 0 spiro atoms. The van der Waals surface area contributed by atoms with Gasteiger partial charge in [-0.05, 0) is 26.6 Å². The van der Waals surface area contributed by atoms with Gasteiger partial charge in [-0.25, -0.2) is 0 Å². The molecule has 0 aromatic carbocycles. The molecule has 0 aromatic rings. The van der Waals surface area contributed by atoms with Crippen LogP contribution >= 0.6 is 0 Å². The molecule has 0 heterocycles. The molecule has 0 unspecified atom stereocenters. The highest BCUT2D eigenvalue weighted by molar-refractivity contribution is 4.44. The van der Waals surface area contributed by atoms with E-state index >= 15 is 0 Å². The quantitative estimate of drug-likeness (QED) is 0.486. The summed E-state index contributed by atoms with van der Waals surface area (Å²) < 4.78 is 0. The normalized spacial score (nSPS) is 9.43. The van der Waals surface area contributed by atoms with Gasteiger partial charge in [-0.15, -0.1) is 0 Å². The molecule has 0 aliphatic rings. The topological polar surface area (TPSA) is 24.1 Å². The van der Waals surface area contributed by atoms with Gasteiger partial charge in [0.15, 0.2) is 0 Å². The fraction of sp³-hybridized carbons (Fsp3) is 0.800. The van der Waals surface area contributed by atoms with E-state index in [9.17, 15) is 0 Å². The Morgan fingerprint density at radius 2 is 2.14 bits per heavy atom. The summed E-state index contributed by atoms with van der Waals surface area (Å²) in [4.78, 5) is 0. The van der Waals surface area contributed by atoms with Crippen LogP contribution in [0.25, 0.3) is 0 Å². The summed E-state index contributed by atoms with van der Waals surface area (Å²) in [6.45, 7) is 2.07. The van der Waals surface area contributed by atoms with Gasteiger partial charge in [0, 0.05) is 7.05 Å². The maximum Gasteiger partial charge on any atom is 0.00767 e. The van der Waals surface area contributed by atoms with Gasteiger partial charge in [-0.1, -0.05) is 0 Å². The zero-order chi connectivity index (χ0) is 5.54. The van der Waals surface area contributed by atoms with Crippen LogP contribution in [0.1, 0.15) is 6.42 Å². The third kappa shape index (κ3) is 5.92. The second kappa shape index (κ2) is 5.92. The maximum atomic E-state index is 3.48. The van der Waals surface area contributed by atoms with Gasteiger partial charge in [0.2, 0.25) is 0 Å². The van der Waals surface area contributed by atoms with Crippen molar-refractivity contribution in [3.8, 4) is 0 Å². The van der Waals surface area contributed by atoms with E-state index in [2.05, 4.69) is 17.7 Å². The smallest absolute Gasteiger partial charge is 0.00767 e. The van der Waals surface area contributed by atoms with Gasteiger partial charge in [0.05, 0.1) is 0 Å². The van der Waals surface area contributed by atoms with Gasteiger partial charge >= 0.3 is 0 Å².